The van der Waals surface area contributed by atoms with Crippen molar-refractivity contribution in [3.8, 4) is 0 Å². The van der Waals surface area contributed by atoms with E-state index in [0.717, 1.165) is 19.3 Å². The van der Waals surface area contributed by atoms with Gasteiger partial charge in [0.15, 0.2) is 11.7 Å². The Bertz CT molecular complexity index is 471. The summed E-state index contributed by atoms with van der Waals surface area (Å²) >= 11 is 0. The number of nitrogens with zero attached hydrogens (tertiary/aromatic N) is 2. The standard InChI is InChI=1S/C14H21N3O2/c1-9-16-13(8-19-9)17-12-5-3-4-10(12)6-7-11(15-2)14(17)18/h8,10-12,15H,3-7H2,1-2H3. The summed E-state index contributed by atoms with van der Waals surface area (Å²) in [6, 6.07) is 0.206. The molecule has 1 N–H and O–H groups in total. The predicted octanol–water partition coefficient (Wildman–Crippen LogP) is 1.87. The second-order valence-corrected chi connectivity index (χ2v) is 5.61. The molecule has 3 unspecified atom stereocenters. The van der Waals surface area contributed by atoms with Crippen molar-refractivity contribution in [1.82, 2.24) is 10.3 Å². The molecule has 5 heteroatoms. The fourth-order valence-corrected chi connectivity index (χ4v) is 3.54. The van der Waals surface area contributed by atoms with Gasteiger partial charge in [0.25, 0.3) is 0 Å². The first-order chi connectivity index (χ1) is 9.20. The molecule has 0 aromatic carbocycles. The second-order valence-electron chi connectivity index (χ2n) is 5.61. The SMILES string of the molecule is CNC1CCC2CCCC2N(c2coc(C)n2)C1=O. The Morgan fingerprint density at radius 3 is 2.89 bits per heavy atom. The average molecular weight is 263 g/mol. The zero-order valence-electron chi connectivity index (χ0n) is 11.6. The third-order valence-electron chi connectivity index (χ3n) is 4.51. The first-order valence-electron chi connectivity index (χ1n) is 7.13. The molecule has 0 bridgehead atoms. The highest BCUT2D eigenvalue weighted by Crippen LogP contribution is 2.38. The van der Waals surface area contributed by atoms with Gasteiger partial charge >= 0.3 is 0 Å². The molecule has 1 aliphatic heterocycles. The fourth-order valence-electron chi connectivity index (χ4n) is 3.54. The van der Waals surface area contributed by atoms with E-state index in [1.807, 2.05) is 18.9 Å². The highest BCUT2D eigenvalue weighted by Gasteiger charge is 2.41. The summed E-state index contributed by atoms with van der Waals surface area (Å²) in [5, 5.41) is 3.14. The minimum atomic E-state index is -0.0948. The summed E-state index contributed by atoms with van der Waals surface area (Å²) in [7, 11) is 1.86. The molecule has 2 heterocycles. The molecule has 19 heavy (non-hydrogen) atoms. The average Bonchev–Trinajstić information content (AvgIpc) is 2.99. The first kappa shape index (κ1) is 12.7. The van der Waals surface area contributed by atoms with Crippen molar-refractivity contribution in [1.29, 1.82) is 0 Å². The summed E-state index contributed by atoms with van der Waals surface area (Å²) in [6.45, 7) is 1.81. The molecule has 1 saturated carbocycles. The fraction of sp³-hybridized carbons (Fsp3) is 0.714. The number of oxazole rings is 1. The van der Waals surface area contributed by atoms with E-state index in [0.29, 0.717) is 23.7 Å². The van der Waals surface area contributed by atoms with Crippen LogP contribution in [-0.4, -0.2) is 30.0 Å². The van der Waals surface area contributed by atoms with Gasteiger partial charge in [-0.3, -0.25) is 9.69 Å². The Hall–Kier alpha value is -1.36. The summed E-state index contributed by atoms with van der Waals surface area (Å²) < 4.78 is 5.30. The predicted molar refractivity (Wildman–Crippen MR) is 71.9 cm³/mol. The van der Waals surface area contributed by atoms with Gasteiger partial charge in [-0.2, -0.15) is 4.98 Å². The number of hydrogen-bond acceptors (Lipinski definition) is 4. The smallest absolute Gasteiger partial charge is 0.245 e. The van der Waals surface area contributed by atoms with Gasteiger partial charge < -0.3 is 9.73 Å². The van der Waals surface area contributed by atoms with E-state index in [9.17, 15) is 4.79 Å². The number of nitrogens with one attached hydrogen (secondary N) is 1. The molecular weight excluding hydrogens is 242 g/mol. The quantitative estimate of drug-likeness (QED) is 0.885. The molecule has 2 aliphatic rings. The maximum Gasteiger partial charge on any atom is 0.245 e. The molecule has 1 saturated heterocycles. The van der Waals surface area contributed by atoms with Crippen molar-refractivity contribution in [3.63, 3.8) is 0 Å². The first-order valence-corrected chi connectivity index (χ1v) is 7.13. The Balaban J connectivity index is 1.97. The van der Waals surface area contributed by atoms with Crippen LogP contribution in [-0.2, 0) is 4.79 Å². The number of likely N-dealkylation sites (N-methyl/N-ethyl adjacent to an activating group) is 1. The van der Waals surface area contributed by atoms with Crippen LogP contribution in [0.3, 0.4) is 0 Å². The second kappa shape index (κ2) is 4.96. The zero-order chi connectivity index (χ0) is 13.4. The molecule has 104 valence electrons. The van der Waals surface area contributed by atoms with Crippen LogP contribution in [0, 0.1) is 12.8 Å². The Labute approximate surface area is 113 Å². The topological polar surface area (TPSA) is 58.4 Å². The normalized spacial score (nSPS) is 31.4. The Morgan fingerprint density at radius 2 is 2.21 bits per heavy atom. The molecule has 0 spiro atoms. The van der Waals surface area contributed by atoms with Crippen molar-refractivity contribution < 1.29 is 9.21 Å². The lowest BCUT2D eigenvalue weighted by molar-refractivity contribution is -0.120. The van der Waals surface area contributed by atoms with Crippen LogP contribution >= 0.6 is 0 Å². The number of hydrogen-bond donors (Lipinski definition) is 1. The van der Waals surface area contributed by atoms with Gasteiger partial charge in [-0.1, -0.05) is 6.42 Å². The lowest BCUT2D eigenvalue weighted by Crippen LogP contribution is -2.48. The van der Waals surface area contributed by atoms with Crippen molar-refractivity contribution >= 4 is 11.7 Å². The lowest BCUT2D eigenvalue weighted by Gasteiger charge is -2.29. The number of carbonyl (C=O) groups excluding carboxylic acids is 1. The van der Waals surface area contributed by atoms with Gasteiger partial charge in [0.2, 0.25) is 5.91 Å². The van der Waals surface area contributed by atoms with E-state index in [4.69, 9.17) is 4.42 Å². The molecule has 3 atom stereocenters. The Morgan fingerprint density at radius 1 is 1.37 bits per heavy atom. The highest BCUT2D eigenvalue weighted by molar-refractivity contribution is 5.97. The van der Waals surface area contributed by atoms with Crippen LogP contribution in [0.4, 0.5) is 5.82 Å². The number of amides is 1. The number of anilines is 1. The van der Waals surface area contributed by atoms with Gasteiger partial charge in [-0.05, 0) is 38.6 Å². The molecule has 1 amide bonds. The van der Waals surface area contributed by atoms with Crippen molar-refractivity contribution in [2.24, 2.45) is 5.92 Å². The van der Waals surface area contributed by atoms with E-state index < -0.39 is 0 Å². The summed E-state index contributed by atoms with van der Waals surface area (Å²) in [4.78, 5) is 19.0. The molecule has 0 radical (unpaired) electrons. The third kappa shape index (κ3) is 2.16. The largest absolute Gasteiger partial charge is 0.447 e. The lowest BCUT2D eigenvalue weighted by atomic mass is 9.97. The summed E-state index contributed by atoms with van der Waals surface area (Å²) in [6.07, 6.45) is 7.17. The molecule has 3 rings (SSSR count). The summed E-state index contributed by atoms with van der Waals surface area (Å²) in [5.74, 6) is 2.05. The molecule has 1 aliphatic carbocycles. The van der Waals surface area contributed by atoms with Crippen LogP contribution in [0.15, 0.2) is 10.7 Å². The van der Waals surface area contributed by atoms with Gasteiger partial charge in [0.1, 0.15) is 6.26 Å². The van der Waals surface area contributed by atoms with Gasteiger partial charge in [-0.15, -0.1) is 0 Å². The molecule has 5 nitrogen and oxygen atoms in total. The number of fused-ring (bicyclic) bond motifs is 1. The molecule has 2 fully saturated rings. The maximum absolute atomic E-state index is 12.7. The van der Waals surface area contributed by atoms with E-state index in [-0.39, 0.29) is 11.9 Å². The van der Waals surface area contributed by atoms with Crippen LogP contribution in [0.2, 0.25) is 0 Å². The highest BCUT2D eigenvalue weighted by atomic mass is 16.3. The minimum Gasteiger partial charge on any atom is -0.447 e. The number of aromatic nitrogens is 1. The van der Waals surface area contributed by atoms with Gasteiger partial charge in [0, 0.05) is 13.0 Å². The number of aryl methyl sites for hydroxylation is 1. The van der Waals surface area contributed by atoms with Gasteiger partial charge in [-0.25, -0.2) is 0 Å². The van der Waals surface area contributed by atoms with Crippen LogP contribution in [0.25, 0.3) is 0 Å². The van der Waals surface area contributed by atoms with Crippen LogP contribution < -0.4 is 10.2 Å². The minimum absolute atomic E-state index is 0.0948. The number of rotatable bonds is 2. The van der Waals surface area contributed by atoms with E-state index in [1.54, 1.807) is 6.26 Å². The van der Waals surface area contributed by atoms with Gasteiger partial charge in [0.05, 0.1) is 6.04 Å². The van der Waals surface area contributed by atoms with Crippen molar-refractivity contribution in [2.75, 3.05) is 11.9 Å². The van der Waals surface area contributed by atoms with Crippen LogP contribution in [0.1, 0.15) is 38.0 Å². The third-order valence-corrected chi connectivity index (χ3v) is 4.51. The molecule has 1 aromatic rings. The van der Waals surface area contributed by atoms with Crippen molar-refractivity contribution in [3.05, 3.63) is 12.2 Å². The number of carbonyl (C=O) groups is 1. The monoisotopic (exact) mass is 263 g/mol. The Kier molecular flexibility index (Phi) is 3.31. The van der Waals surface area contributed by atoms with E-state index >= 15 is 0 Å². The molecule has 1 aromatic heterocycles. The summed E-state index contributed by atoms with van der Waals surface area (Å²) in [5.41, 5.74) is 0. The van der Waals surface area contributed by atoms with Crippen molar-refractivity contribution in [2.45, 2.75) is 51.1 Å². The van der Waals surface area contributed by atoms with E-state index in [1.165, 1.54) is 12.8 Å². The maximum atomic E-state index is 12.7. The molecular formula is C14H21N3O2. The zero-order valence-corrected chi connectivity index (χ0v) is 11.6. The van der Waals surface area contributed by atoms with Crippen LogP contribution in [0.5, 0.6) is 0 Å². The van der Waals surface area contributed by atoms with E-state index in [2.05, 4.69) is 10.3 Å².